The molecule has 5 N–H and O–H groups in total. The van der Waals surface area contributed by atoms with Crippen molar-refractivity contribution in [3.63, 3.8) is 0 Å². The Morgan fingerprint density at radius 1 is 0.875 bits per heavy atom. The Morgan fingerprint density at radius 2 is 1.55 bits per heavy atom. The van der Waals surface area contributed by atoms with Gasteiger partial charge in [-0.15, -0.1) is 0 Å². The Hall–Kier alpha value is -5.44. The lowest BCUT2D eigenvalue weighted by atomic mass is 10.0. The van der Waals surface area contributed by atoms with Crippen molar-refractivity contribution in [3.8, 4) is 17.2 Å². The van der Waals surface area contributed by atoms with Crippen molar-refractivity contribution in [2.45, 2.75) is 12.2 Å². The first-order valence-electron chi connectivity index (χ1n) is 12.4. The van der Waals surface area contributed by atoms with Crippen molar-refractivity contribution in [1.29, 1.82) is 0 Å². The summed E-state index contributed by atoms with van der Waals surface area (Å²) in [6.45, 7) is 0. The van der Waals surface area contributed by atoms with Gasteiger partial charge in [0.2, 0.25) is 5.91 Å². The zero-order chi connectivity index (χ0) is 28.3. The monoisotopic (exact) mass is 539 g/mol. The van der Waals surface area contributed by atoms with Gasteiger partial charge < -0.3 is 30.4 Å². The molecule has 0 spiro atoms. The molecule has 9 heteroatoms. The molecule has 4 aromatic rings. The molecule has 0 aromatic heterocycles. The molecule has 0 aliphatic rings. The van der Waals surface area contributed by atoms with E-state index < -0.39 is 24.2 Å². The molecule has 0 saturated heterocycles. The Bertz CT molecular complexity index is 1460. The molecule has 0 unspecified atom stereocenters. The Kier molecular flexibility index (Phi) is 9.23. The molecule has 0 saturated carbocycles. The molecule has 0 fully saturated rings. The third-order valence-electron chi connectivity index (χ3n) is 5.76. The maximum Gasteiger partial charge on any atom is 0.412 e. The number of carbonyl (C=O) groups excluding carboxylic acids is 2. The fraction of sp³-hybridized carbons (Fsp3) is 0.0968. The molecule has 204 valence electrons. The SMILES string of the molecule is COc1ccc([C@H](OC(=O)Nc2ccccc2)[C@H](/C=C/C(=O)Nc2ccccc2N)Oc2ccccc2)cc1O. The summed E-state index contributed by atoms with van der Waals surface area (Å²) in [5.41, 5.74) is 7.74. The topological polar surface area (TPSA) is 132 Å². The minimum absolute atomic E-state index is 0.156. The van der Waals surface area contributed by atoms with Gasteiger partial charge in [-0.25, -0.2) is 4.79 Å². The van der Waals surface area contributed by atoms with E-state index >= 15 is 0 Å². The van der Waals surface area contributed by atoms with Gasteiger partial charge in [-0.3, -0.25) is 10.1 Å². The number of carbonyl (C=O) groups is 2. The second kappa shape index (κ2) is 13.4. The maximum atomic E-state index is 13.0. The Balaban J connectivity index is 1.67. The minimum atomic E-state index is -1.09. The predicted molar refractivity (Wildman–Crippen MR) is 153 cm³/mol. The number of nitrogens with two attached hydrogens (primary N) is 1. The molecular weight excluding hydrogens is 510 g/mol. The second-order valence-corrected chi connectivity index (χ2v) is 8.58. The number of benzene rings is 4. The summed E-state index contributed by atoms with van der Waals surface area (Å²) in [6, 6.07) is 29.1. The second-order valence-electron chi connectivity index (χ2n) is 8.58. The van der Waals surface area contributed by atoms with E-state index in [0.717, 1.165) is 0 Å². The number of phenols is 1. The van der Waals surface area contributed by atoms with E-state index in [9.17, 15) is 14.7 Å². The van der Waals surface area contributed by atoms with Crippen molar-refractivity contribution in [1.82, 2.24) is 0 Å². The van der Waals surface area contributed by atoms with Gasteiger partial charge in [-0.1, -0.05) is 54.6 Å². The van der Waals surface area contributed by atoms with Crippen molar-refractivity contribution < 1.29 is 28.9 Å². The van der Waals surface area contributed by atoms with Gasteiger partial charge in [0.05, 0.1) is 18.5 Å². The standard InChI is InChI=1S/C31H29N3O6/c1-38-27-17-16-21(20-26(27)35)30(40-31(37)33-22-10-4-2-5-11-22)28(39-23-12-6-3-7-13-23)18-19-29(36)34-25-15-9-8-14-24(25)32/h2-20,28,30,35H,32H2,1H3,(H,33,37)(H,34,36)/b19-18+/t28-,30-/m0/s1. The zero-order valence-corrected chi connectivity index (χ0v) is 21.7. The van der Waals surface area contributed by atoms with Gasteiger partial charge in [0.25, 0.3) is 0 Å². The number of nitrogens with one attached hydrogen (secondary N) is 2. The smallest absolute Gasteiger partial charge is 0.412 e. The maximum absolute atomic E-state index is 13.0. The van der Waals surface area contributed by atoms with E-state index in [0.29, 0.717) is 28.4 Å². The van der Waals surface area contributed by atoms with Gasteiger partial charge >= 0.3 is 6.09 Å². The Labute approximate surface area is 231 Å². The fourth-order valence-corrected chi connectivity index (χ4v) is 3.82. The van der Waals surface area contributed by atoms with Crippen LogP contribution >= 0.6 is 0 Å². The molecule has 0 aliphatic carbocycles. The van der Waals surface area contributed by atoms with Crippen LogP contribution in [0.5, 0.6) is 17.2 Å². The number of methoxy groups -OCH3 is 1. The highest BCUT2D eigenvalue weighted by Crippen LogP contribution is 2.34. The fourth-order valence-electron chi connectivity index (χ4n) is 3.82. The number of aromatic hydroxyl groups is 1. The summed E-state index contributed by atoms with van der Waals surface area (Å²) in [5.74, 6) is 0.0910. The van der Waals surface area contributed by atoms with E-state index in [1.807, 2.05) is 12.1 Å². The van der Waals surface area contributed by atoms with Crippen LogP contribution in [0.25, 0.3) is 0 Å². The summed E-state index contributed by atoms with van der Waals surface area (Å²) >= 11 is 0. The van der Waals surface area contributed by atoms with Crippen LogP contribution in [0.4, 0.5) is 21.9 Å². The summed E-state index contributed by atoms with van der Waals surface area (Å²) < 4.78 is 17.2. The van der Waals surface area contributed by atoms with E-state index in [-0.39, 0.29) is 11.5 Å². The lowest BCUT2D eigenvalue weighted by Crippen LogP contribution is -2.30. The number of nitrogen functional groups attached to an aromatic ring is 1. The highest BCUT2D eigenvalue weighted by Gasteiger charge is 2.29. The minimum Gasteiger partial charge on any atom is -0.504 e. The Morgan fingerprint density at radius 3 is 2.23 bits per heavy atom. The van der Waals surface area contributed by atoms with E-state index in [1.165, 1.54) is 25.3 Å². The van der Waals surface area contributed by atoms with Gasteiger partial charge in [0.1, 0.15) is 5.75 Å². The lowest BCUT2D eigenvalue weighted by Gasteiger charge is -2.26. The zero-order valence-electron chi connectivity index (χ0n) is 21.7. The summed E-state index contributed by atoms with van der Waals surface area (Å²) in [6.07, 6.45) is -0.0943. The number of para-hydroxylation sites is 4. The highest BCUT2D eigenvalue weighted by molar-refractivity contribution is 6.01. The molecule has 4 aromatic carbocycles. The molecule has 0 radical (unpaired) electrons. The molecule has 9 nitrogen and oxygen atoms in total. The van der Waals surface area contributed by atoms with Crippen LogP contribution in [0.15, 0.2) is 115 Å². The first kappa shape index (κ1) is 27.6. The van der Waals surface area contributed by atoms with E-state index in [1.54, 1.807) is 84.9 Å². The van der Waals surface area contributed by atoms with Crippen molar-refractivity contribution in [2.75, 3.05) is 23.5 Å². The van der Waals surface area contributed by atoms with Crippen molar-refractivity contribution in [2.24, 2.45) is 0 Å². The van der Waals surface area contributed by atoms with Gasteiger partial charge in [-0.05, 0) is 54.6 Å². The molecule has 0 bridgehead atoms. The third-order valence-corrected chi connectivity index (χ3v) is 5.76. The summed E-state index contributed by atoms with van der Waals surface area (Å²) in [4.78, 5) is 25.8. The summed E-state index contributed by atoms with van der Waals surface area (Å²) in [7, 11) is 1.43. The van der Waals surface area contributed by atoms with Crippen LogP contribution in [-0.4, -0.2) is 30.3 Å². The molecule has 4 rings (SSSR count). The number of ether oxygens (including phenoxy) is 3. The number of hydrogen-bond donors (Lipinski definition) is 4. The number of amides is 2. The average molecular weight is 540 g/mol. The van der Waals surface area contributed by atoms with Gasteiger partial charge in [0, 0.05) is 17.3 Å². The number of phenolic OH excluding ortho intramolecular Hbond substituents is 1. The van der Waals surface area contributed by atoms with Crippen LogP contribution in [0, 0.1) is 0 Å². The quantitative estimate of drug-likeness (QED) is 0.145. The number of hydrogen-bond acceptors (Lipinski definition) is 7. The van der Waals surface area contributed by atoms with Crippen LogP contribution in [-0.2, 0) is 9.53 Å². The van der Waals surface area contributed by atoms with Crippen molar-refractivity contribution >= 4 is 29.1 Å². The average Bonchev–Trinajstić information content (AvgIpc) is 2.96. The molecule has 0 aliphatic heterocycles. The first-order chi connectivity index (χ1) is 19.4. The largest absolute Gasteiger partial charge is 0.504 e. The number of rotatable bonds is 10. The highest BCUT2D eigenvalue weighted by atomic mass is 16.6. The van der Waals surface area contributed by atoms with Crippen molar-refractivity contribution in [3.05, 3.63) is 121 Å². The summed E-state index contributed by atoms with van der Waals surface area (Å²) in [5, 5.41) is 15.9. The predicted octanol–water partition coefficient (Wildman–Crippen LogP) is 5.92. The van der Waals surface area contributed by atoms with Gasteiger partial charge in [0.15, 0.2) is 23.7 Å². The normalized spacial score (nSPS) is 12.2. The molecule has 40 heavy (non-hydrogen) atoms. The van der Waals surface area contributed by atoms with E-state index in [2.05, 4.69) is 10.6 Å². The van der Waals surface area contributed by atoms with Crippen LogP contribution in [0.2, 0.25) is 0 Å². The number of anilines is 3. The first-order valence-corrected chi connectivity index (χ1v) is 12.4. The van der Waals surface area contributed by atoms with Crippen LogP contribution < -0.4 is 25.8 Å². The molecule has 2 atom stereocenters. The van der Waals surface area contributed by atoms with E-state index in [4.69, 9.17) is 19.9 Å². The molecular formula is C31H29N3O6. The molecule has 2 amide bonds. The van der Waals surface area contributed by atoms with Crippen LogP contribution in [0.1, 0.15) is 11.7 Å². The van der Waals surface area contributed by atoms with Crippen LogP contribution in [0.3, 0.4) is 0 Å². The molecule has 0 heterocycles. The lowest BCUT2D eigenvalue weighted by molar-refractivity contribution is -0.112. The third kappa shape index (κ3) is 7.55. The van der Waals surface area contributed by atoms with Gasteiger partial charge in [-0.2, -0.15) is 0 Å².